The van der Waals surface area contributed by atoms with Gasteiger partial charge in [0, 0.05) is 42.4 Å². The van der Waals surface area contributed by atoms with E-state index >= 15 is 0 Å². The van der Waals surface area contributed by atoms with Gasteiger partial charge in [-0.2, -0.15) is 0 Å². The lowest BCUT2D eigenvalue weighted by molar-refractivity contribution is 1.08. The van der Waals surface area contributed by atoms with Crippen LogP contribution in [0.2, 0.25) is 0 Å². The van der Waals surface area contributed by atoms with Crippen molar-refractivity contribution in [1.29, 1.82) is 0 Å². The second-order valence-electron chi connectivity index (χ2n) is 12.7. The Labute approximate surface area is 299 Å². The fourth-order valence-electron chi connectivity index (χ4n) is 7.40. The number of aromatic nitrogens is 3. The molecule has 8 aromatic carbocycles. The van der Waals surface area contributed by atoms with Crippen LogP contribution in [0.5, 0.6) is 0 Å². The van der Waals surface area contributed by atoms with E-state index in [2.05, 4.69) is 176 Å². The highest BCUT2D eigenvalue weighted by atomic mass is 32.1. The highest BCUT2D eigenvalue weighted by Crippen LogP contribution is 2.42. The first-order valence-corrected chi connectivity index (χ1v) is 17.9. The summed E-state index contributed by atoms with van der Waals surface area (Å²) >= 11 is 1.79. The van der Waals surface area contributed by atoms with Crippen molar-refractivity contribution in [2.24, 2.45) is 0 Å². The Kier molecular flexibility index (Phi) is 7.00. The minimum absolute atomic E-state index is 0.647. The van der Waals surface area contributed by atoms with Crippen LogP contribution in [0.1, 0.15) is 0 Å². The quantitative estimate of drug-likeness (QED) is 0.183. The number of hydrogen-bond acceptors (Lipinski definition) is 4. The highest BCUT2D eigenvalue weighted by molar-refractivity contribution is 7.26. The number of nitrogens with zero attached hydrogens (tertiary/aromatic N) is 3. The summed E-state index contributed by atoms with van der Waals surface area (Å²) in [6, 6.07) is 62.1. The van der Waals surface area contributed by atoms with Gasteiger partial charge in [0.15, 0.2) is 17.5 Å². The minimum Gasteiger partial charge on any atom is -0.208 e. The molecule has 0 N–H and O–H groups in total. The summed E-state index contributed by atoms with van der Waals surface area (Å²) in [4.78, 5) is 16.0. The molecule has 4 heteroatoms. The molecule has 0 aliphatic carbocycles. The molecule has 0 fully saturated rings. The summed E-state index contributed by atoms with van der Waals surface area (Å²) in [5.74, 6) is 1.96. The van der Waals surface area contributed by atoms with Crippen molar-refractivity contribution < 1.29 is 0 Å². The van der Waals surface area contributed by atoms with E-state index in [1.807, 2.05) is 0 Å². The summed E-state index contributed by atoms with van der Waals surface area (Å²) in [6.07, 6.45) is 0. The van der Waals surface area contributed by atoms with Gasteiger partial charge in [-0.3, -0.25) is 0 Å². The Balaban J connectivity index is 1.28. The van der Waals surface area contributed by atoms with E-state index in [9.17, 15) is 0 Å². The number of thiophene rings is 1. The maximum Gasteiger partial charge on any atom is 0.165 e. The normalized spacial score (nSPS) is 11.5. The molecule has 0 aliphatic rings. The number of benzene rings is 8. The molecule has 0 amide bonds. The number of rotatable bonds is 5. The van der Waals surface area contributed by atoms with Gasteiger partial charge in [0.1, 0.15) is 0 Å². The van der Waals surface area contributed by atoms with Crippen LogP contribution in [-0.2, 0) is 0 Å². The molecular weight excluding hydrogens is 639 g/mol. The molecule has 238 valence electrons. The average Bonchev–Trinajstić information content (AvgIpc) is 3.59. The topological polar surface area (TPSA) is 38.7 Å². The summed E-state index contributed by atoms with van der Waals surface area (Å²) in [5.41, 5.74) is 7.54. The van der Waals surface area contributed by atoms with Crippen LogP contribution in [0.3, 0.4) is 0 Å². The summed E-state index contributed by atoms with van der Waals surface area (Å²) in [5, 5.41) is 7.05. The van der Waals surface area contributed by atoms with Gasteiger partial charge >= 0.3 is 0 Å². The first kappa shape index (κ1) is 29.4. The van der Waals surface area contributed by atoms with Gasteiger partial charge in [-0.05, 0) is 62.5 Å². The van der Waals surface area contributed by atoms with Crippen molar-refractivity contribution in [2.75, 3.05) is 0 Å². The maximum atomic E-state index is 5.35. The van der Waals surface area contributed by atoms with E-state index < -0.39 is 0 Å². The van der Waals surface area contributed by atoms with Gasteiger partial charge in [0.25, 0.3) is 0 Å². The predicted molar refractivity (Wildman–Crippen MR) is 215 cm³/mol. The minimum atomic E-state index is 0.647. The van der Waals surface area contributed by atoms with Crippen LogP contribution in [0.4, 0.5) is 0 Å². The van der Waals surface area contributed by atoms with Gasteiger partial charge in [0.05, 0.1) is 0 Å². The average molecular weight is 668 g/mol. The molecule has 0 aliphatic heterocycles. The predicted octanol–water partition coefficient (Wildman–Crippen LogP) is 12.9. The zero-order valence-corrected chi connectivity index (χ0v) is 28.3. The summed E-state index contributed by atoms with van der Waals surface area (Å²) < 4.78 is 2.42. The molecule has 2 aromatic heterocycles. The molecule has 2 heterocycles. The molecule has 10 aromatic rings. The van der Waals surface area contributed by atoms with Gasteiger partial charge in [-0.1, -0.05) is 152 Å². The Morgan fingerprint density at radius 2 is 0.843 bits per heavy atom. The van der Waals surface area contributed by atoms with Gasteiger partial charge in [-0.15, -0.1) is 11.3 Å². The molecular formula is C47H29N3S. The van der Waals surface area contributed by atoms with Crippen molar-refractivity contribution in [3.05, 3.63) is 176 Å². The molecule has 0 saturated carbocycles. The lowest BCUT2D eigenvalue weighted by atomic mass is 9.92. The lowest BCUT2D eigenvalue weighted by Crippen LogP contribution is -2.02. The first-order chi connectivity index (χ1) is 25.3. The van der Waals surface area contributed by atoms with Crippen molar-refractivity contribution in [1.82, 2.24) is 15.0 Å². The molecule has 0 bridgehead atoms. The van der Waals surface area contributed by atoms with Gasteiger partial charge in [0.2, 0.25) is 0 Å². The molecule has 51 heavy (non-hydrogen) atoms. The molecule has 0 saturated heterocycles. The van der Waals surface area contributed by atoms with Crippen LogP contribution in [0.25, 0.3) is 98.1 Å². The molecule has 0 radical (unpaired) electrons. The third-order valence-corrected chi connectivity index (χ3v) is 11.0. The fourth-order valence-corrected chi connectivity index (χ4v) is 8.61. The van der Waals surface area contributed by atoms with Crippen molar-refractivity contribution >= 4 is 53.1 Å². The van der Waals surface area contributed by atoms with E-state index in [1.54, 1.807) is 11.3 Å². The Morgan fingerprint density at radius 1 is 0.314 bits per heavy atom. The van der Waals surface area contributed by atoms with Crippen molar-refractivity contribution in [3.8, 4) is 56.4 Å². The zero-order chi connectivity index (χ0) is 33.7. The Bertz CT molecular complexity index is 2910. The van der Waals surface area contributed by atoms with Crippen LogP contribution >= 0.6 is 11.3 Å². The van der Waals surface area contributed by atoms with Crippen LogP contribution < -0.4 is 0 Å². The fraction of sp³-hybridized carbons (Fsp3) is 0. The zero-order valence-electron chi connectivity index (χ0n) is 27.5. The number of fused-ring (bicyclic) bond motifs is 5. The monoisotopic (exact) mass is 667 g/mol. The Morgan fingerprint density at radius 3 is 1.61 bits per heavy atom. The van der Waals surface area contributed by atoms with Crippen LogP contribution in [0.15, 0.2) is 176 Å². The van der Waals surface area contributed by atoms with Crippen LogP contribution in [0, 0.1) is 0 Å². The number of hydrogen-bond donors (Lipinski definition) is 0. The molecule has 0 atom stereocenters. The molecule has 0 spiro atoms. The first-order valence-electron chi connectivity index (χ1n) is 17.1. The van der Waals surface area contributed by atoms with E-state index in [-0.39, 0.29) is 0 Å². The molecule has 0 unspecified atom stereocenters. The third kappa shape index (κ3) is 5.00. The van der Waals surface area contributed by atoms with Crippen molar-refractivity contribution in [2.45, 2.75) is 0 Å². The SMILES string of the molecule is c1ccc(-c2c(-c3nc(-c4ccc(-c5ccccc5)c5ccccc45)nc(-c4cccc5c4sc4ccccc45)n3)ccc3ccccc23)cc1. The highest BCUT2D eigenvalue weighted by Gasteiger charge is 2.21. The van der Waals surface area contributed by atoms with Gasteiger partial charge in [-0.25, -0.2) is 15.0 Å². The largest absolute Gasteiger partial charge is 0.208 e. The van der Waals surface area contributed by atoms with E-state index in [0.717, 1.165) is 44.0 Å². The van der Waals surface area contributed by atoms with E-state index in [4.69, 9.17) is 15.0 Å². The second kappa shape index (κ2) is 12.1. The van der Waals surface area contributed by atoms with E-state index in [1.165, 1.54) is 36.7 Å². The van der Waals surface area contributed by atoms with Crippen molar-refractivity contribution in [3.63, 3.8) is 0 Å². The van der Waals surface area contributed by atoms with E-state index in [0.29, 0.717) is 17.5 Å². The van der Waals surface area contributed by atoms with Crippen LogP contribution in [-0.4, -0.2) is 15.0 Å². The Hall–Kier alpha value is -6.49. The second-order valence-corrected chi connectivity index (χ2v) is 13.8. The standard InChI is InChI=1S/C47H29N3S/c1-3-14-30(15-4-1)33-28-29-39(36-21-10-9-20-35(33)36)45-48-46(40-27-26-31-16-7-8-19-34(31)43(40)32-17-5-2-6-18-32)50-47(49-45)41-24-13-23-38-37-22-11-12-25-42(37)51-44(38)41/h1-29H. The lowest BCUT2D eigenvalue weighted by Gasteiger charge is -2.16. The summed E-state index contributed by atoms with van der Waals surface area (Å²) in [6.45, 7) is 0. The molecule has 10 rings (SSSR count). The van der Waals surface area contributed by atoms with Gasteiger partial charge < -0.3 is 0 Å². The maximum absolute atomic E-state index is 5.35. The molecule has 3 nitrogen and oxygen atoms in total. The smallest absolute Gasteiger partial charge is 0.165 e. The summed E-state index contributed by atoms with van der Waals surface area (Å²) in [7, 11) is 0. The third-order valence-electron chi connectivity index (χ3n) is 9.76.